The highest BCUT2D eigenvalue weighted by Crippen LogP contribution is 2.47. The summed E-state index contributed by atoms with van der Waals surface area (Å²) in [6.07, 6.45) is 2.31. The molecule has 2 aliphatic rings. The number of ketones is 1. The molecule has 0 fully saturated rings. The van der Waals surface area contributed by atoms with E-state index in [1.54, 1.807) is 11.8 Å². The highest BCUT2D eigenvalue weighted by atomic mass is 32.2. The lowest BCUT2D eigenvalue weighted by molar-refractivity contribution is -0.118. The lowest BCUT2D eigenvalue weighted by atomic mass is 9.69. The minimum atomic E-state index is -0.388. The van der Waals surface area contributed by atoms with Crippen molar-refractivity contribution in [2.24, 2.45) is 11.3 Å². The van der Waals surface area contributed by atoms with Crippen molar-refractivity contribution < 1.29 is 4.79 Å². The van der Waals surface area contributed by atoms with E-state index in [9.17, 15) is 9.59 Å². The van der Waals surface area contributed by atoms with Gasteiger partial charge in [-0.15, -0.1) is 0 Å². The third-order valence-corrected chi connectivity index (χ3v) is 6.95. The molecule has 1 unspecified atom stereocenters. The van der Waals surface area contributed by atoms with Gasteiger partial charge in [0.1, 0.15) is 5.82 Å². The van der Waals surface area contributed by atoms with Crippen molar-refractivity contribution in [3.8, 4) is 0 Å². The molecule has 1 aliphatic carbocycles. The van der Waals surface area contributed by atoms with Gasteiger partial charge in [-0.1, -0.05) is 69.3 Å². The second-order valence-corrected chi connectivity index (χ2v) is 11.0. The molecule has 4 rings (SSSR count). The van der Waals surface area contributed by atoms with E-state index in [2.05, 4.69) is 38.0 Å². The fraction of sp³-hybridized carbons (Fsp3) is 0.480. The predicted molar refractivity (Wildman–Crippen MR) is 127 cm³/mol. The summed E-state index contributed by atoms with van der Waals surface area (Å²) in [4.78, 5) is 34.3. The number of aromatic amines is 1. The van der Waals surface area contributed by atoms with Crippen LogP contribution in [0.3, 0.4) is 0 Å². The number of hydrogen-bond acceptors (Lipinski definition) is 5. The van der Waals surface area contributed by atoms with Crippen molar-refractivity contribution in [1.29, 1.82) is 0 Å². The molecular weight excluding hydrogens is 406 g/mol. The van der Waals surface area contributed by atoms with Crippen LogP contribution in [0, 0.1) is 18.3 Å². The van der Waals surface area contributed by atoms with Gasteiger partial charge in [-0.25, -0.2) is 4.98 Å². The number of aromatic nitrogens is 2. The summed E-state index contributed by atoms with van der Waals surface area (Å²) in [5.41, 5.74) is 4.00. The number of H-pyrrole nitrogens is 1. The van der Waals surface area contributed by atoms with E-state index in [1.807, 2.05) is 31.2 Å². The number of benzene rings is 1. The fourth-order valence-corrected chi connectivity index (χ4v) is 5.55. The van der Waals surface area contributed by atoms with E-state index >= 15 is 0 Å². The zero-order valence-electron chi connectivity index (χ0n) is 19.0. The molecule has 0 saturated carbocycles. The monoisotopic (exact) mass is 437 g/mol. The number of Topliss-reactive ketones (excluding diaryl/α,β-unsaturated/α-hetero) is 1. The largest absolute Gasteiger partial charge is 0.343 e. The minimum Gasteiger partial charge on any atom is -0.343 e. The normalized spacial score (nSPS) is 19.8. The molecule has 1 atom stereocenters. The van der Waals surface area contributed by atoms with E-state index in [0.717, 1.165) is 41.0 Å². The van der Waals surface area contributed by atoms with Crippen LogP contribution >= 0.6 is 11.8 Å². The Kier molecular flexibility index (Phi) is 5.86. The molecule has 2 N–H and O–H groups in total. The van der Waals surface area contributed by atoms with Crippen LogP contribution in [0.4, 0.5) is 5.82 Å². The predicted octanol–water partition coefficient (Wildman–Crippen LogP) is 5.42. The number of hydrogen-bond donors (Lipinski definition) is 2. The Morgan fingerprint density at radius 2 is 1.87 bits per heavy atom. The van der Waals surface area contributed by atoms with E-state index in [0.29, 0.717) is 28.9 Å². The Morgan fingerprint density at radius 3 is 2.55 bits per heavy atom. The Bertz CT molecular complexity index is 1100. The summed E-state index contributed by atoms with van der Waals surface area (Å²) in [7, 11) is 0. The third kappa shape index (κ3) is 4.49. The summed E-state index contributed by atoms with van der Waals surface area (Å²) in [6.45, 7) is 10.6. The van der Waals surface area contributed by atoms with Gasteiger partial charge in [0.15, 0.2) is 10.9 Å². The van der Waals surface area contributed by atoms with Crippen molar-refractivity contribution in [3.63, 3.8) is 0 Å². The number of nitrogens with one attached hydrogen (secondary N) is 2. The number of aryl methyl sites for hydroxylation is 1. The number of carbonyl (C=O) groups excluding carboxylic acids is 1. The summed E-state index contributed by atoms with van der Waals surface area (Å²) in [5, 5.41) is 4.02. The average Bonchev–Trinajstić information content (AvgIpc) is 2.65. The van der Waals surface area contributed by atoms with Crippen LogP contribution in [0.1, 0.15) is 69.6 Å². The molecule has 0 spiro atoms. The maximum Gasteiger partial charge on any atom is 0.257 e. The number of thioether (sulfide) groups is 1. The van der Waals surface area contributed by atoms with Gasteiger partial charge in [-0.05, 0) is 36.7 Å². The van der Waals surface area contributed by atoms with Crippen LogP contribution in [-0.2, 0) is 4.79 Å². The molecule has 0 saturated heterocycles. The van der Waals surface area contributed by atoms with Gasteiger partial charge in [0.2, 0.25) is 0 Å². The van der Waals surface area contributed by atoms with Crippen molar-refractivity contribution >= 4 is 23.4 Å². The molecule has 2 heterocycles. The Labute approximate surface area is 188 Å². The van der Waals surface area contributed by atoms with Crippen molar-refractivity contribution in [2.75, 3.05) is 11.1 Å². The number of anilines is 1. The van der Waals surface area contributed by atoms with E-state index in [1.165, 1.54) is 0 Å². The summed E-state index contributed by atoms with van der Waals surface area (Å²) >= 11 is 1.57. The van der Waals surface area contributed by atoms with Crippen molar-refractivity contribution in [3.05, 3.63) is 62.6 Å². The molecule has 1 aromatic carbocycles. The van der Waals surface area contributed by atoms with Crippen LogP contribution in [-0.4, -0.2) is 21.5 Å². The van der Waals surface area contributed by atoms with Crippen LogP contribution in [0.5, 0.6) is 0 Å². The molecule has 6 heteroatoms. The first-order chi connectivity index (χ1) is 14.6. The maximum absolute atomic E-state index is 13.3. The topological polar surface area (TPSA) is 74.8 Å². The molecule has 0 amide bonds. The number of nitrogens with zero attached hydrogens (tertiary/aromatic N) is 1. The standard InChI is InChI=1S/C25H31N3O2S/c1-14(2)10-11-31-24-27-22-21(23(30)28-24)19(16-8-6-15(3)7-9-16)20-17(26-22)12-25(4,5)13-18(20)29/h6-9,14,19H,10-13H2,1-5H3,(H2,26,27,28,30). The number of rotatable bonds is 5. The van der Waals surface area contributed by atoms with Gasteiger partial charge in [0.05, 0.1) is 5.56 Å². The van der Waals surface area contributed by atoms with Gasteiger partial charge in [0.25, 0.3) is 5.56 Å². The summed E-state index contributed by atoms with van der Waals surface area (Å²) < 4.78 is 0. The smallest absolute Gasteiger partial charge is 0.257 e. The summed E-state index contributed by atoms with van der Waals surface area (Å²) in [5.74, 6) is 1.82. The average molecular weight is 438 g/mol. The SMILES string of the molecule is Cc1ccc(C2C3=C(CC(C)(C)CC3=O)Nc3nc(SCCC(C)C)[nH]c(=O)c32)cc1. The highest BCUT2D eigenvalue weighted by molar-refractivity contribution is 7.99. The lowest BCUT2D eigenvalue weighted by Gasteiger charge is -2.38. The van der Waals surface area contributed by atoms with Crippen molar-refractivity contribution in [1.82, 2.24) is 9.97 Å². The van der Waals surface area contributed by atoms with Gasteiger partial charge in [-0.3, -0.25) is 9.59 Å². The van der Waals surface area contributed by atoms with Crippen LogP contribution in [0.2, 0.25) is 0 Å². The Hall–Kier alpha value is -2.34. The fourth-order valence-electron chi connectivity index (χ4n) is 4.45. The molecular formula is C25H31N3O2S. The van der Waals surface area contributed by atoms with E-state index < -0.39 is 0 Å². The number of fused-ring (bicyclic) bond motifs is 1. The molecule has 31 heavy (non-hydrogen) atoms. The molecule has 0 bridgehead atoms. The van der Waals surface area contributed by atoms with Crippen LogP contribution < -0.4 is 10.9 Å². The Morgan fingerprint density at radius 1 is 1.16 bits per heavy atom. The molecule has 1 aromatic heterocycles. The number of allylic oxidation sites excluding steroid dienone is 2. The quantitative estimate of drug-likeness (QED) is 0.483. The number of carbonyl (C=O) groups is 1. The molecule has 1 aliphatic heterocycles. The second kappa shape index (κ2) is 8.30. The second-order valence-electron chi connectivity index (χ2n) is 9.97. The lowest BCUT2D eigenvalue weighted by Crippen LogP contribution is -2.37. The zero-order chi connectivity index (χ0) is 22.3. The highest BCUT2D eigenvalue weighted by Gasteiger charge is 2.42. The van der Waals surface area contributed by atoms with Gasteiger partial charge in [-0.2, -0.15) is 0 Å². The minimum absolute atomic E-state index is 0.116. The third-order valence-electron chi connectivity index (χ3n) is 6.04. The van der Waals surface area contributed by atoms with E-state index in [4.69, 9.17) is 4.98 Å². The summed E-state index contributed by atoms with van der Waals surface area (Å²) in [6, 6.07) is 8.12. The first-order valence-corrected chi connectivity index (χ1v) is 12.0. The van der Waals surface area contributed by atoms with E-state index in [-0.39, 0.29) is 22.7 Å². The molecule has 2 aromatic rings. The molecule has 0 radical (unpaired) electrons. The van der Waals surface area contributed by atoms with Gasteiger partial charge < -0.3 is 10.3 Å². The zero-order valence-corrected chi connectivity index (χ0v) is 19.8. The molecule has 164 valence electrons. The van der Waals surface area contributed by atoms with Gasteiger partial charge >= 0.3 is 0 Å². The Balaban J connectivity index is 1.82. The van der Waals surface area contributed by atoms with Crippen LogP contribution in [0.25, 0.3) is 0 Å². The van der Waals surface area contributed by atoms with Gasteiger partial charge in [0, 0.05) is 29.4 Å². The van der Waals surface area contributed by atoms with Crippen LogP contribution in [0.15, 0.2) is 45.5 Å². The molecule has 5 nitrogen and oxygen atoms in total. The first-order valence-electron chi connectivity index (χ1n) is 11.0. The van der Waals surface area contributed by atoms with Crippen molar-refractivity contribution in [2.45, 2.75) is 65.0 Å². The first kappa shape index (κ1) is 21.9. The maximum atomic E-state index is 13.3.